The second-order valence-electron chi connectivity index (χ2n) is 6.96. The highest BCUT2D eigenvalue weighted by molar-refractivity contribution is 7.89. The molecule has 0 bridgehead atoms. The van der Waals surface area contributed by atoms with Gasteiger partial charge in [-0.1, -0.05) is 18.2 Å². The summed E-state index contributed by atoms with van der Waals surface area (Å²) in [5.41, 5.74) is 3.14. The van der Waals surface area contributed by atoms with Crippen LogP contribution in [0.1, 0.15) is 15.9 Å². The molecule has 0 fully saturated rings. The van der Waals surface area contributed by atoms with E-state index in [9.17, 15) is 18.0 Å². The molecule has 0 radical (unpaired) electrons. The summed E-state index contributed by atoms with van der Waals surface area (Å²) in [5, 5.41) is 3.80. The van der Waals surface area contributed by atoms with E-state index in [0.29, 0.717) is 28.4 Å². The van der Waals surface area contributed by atoms with Crippen molar-refractivity contribution in [3.8, 4) is 17.2 Å². The van der Waals surface area contributed by atoms with Crippen LogP contribution in [0.3, 0.4) is 0 Å². The molecule has 0 unspecified atom stereocenters. The Balaban J connectivity index is 1.50. The van der Waals surface area contributed by atoms with Crippen LogP contribution in [-0.2, 0) is 14.8 Å². The molecule has 1 amide bonds. The van der Waals surface area contributed by atoms with Gasteiger partial charge in [0.1, 0.15) is 5.75 Å². The van der Waals surface area contributed by atoms with Gasteiger partial charge in [-0.15, -0.1) is 0 Å². The summed E-state index contributed by atoms with van der Waals surface area (Å²) in [6, 6.07) is 18.8. The monoisotopic (exact) mass is 497 g/mol. The van der Waals surface area contributed by atoms with Crippen LogP contribution in [0.5, 0.6) is 17.2 Å². The lowest BCUT2D eigenvalue weighted by atomic mass is 10.2. The topological polar surface area (TPSA) is 132 Å². The van der Waals surface area contributed by atoms with E-state index in [-0.39, 0.29) is 4.90 Å². The lowest BCUT2D eigenvalue weighted by molar-refractivity contribution is -0.119. The molecule has 3 rings (SSSR count). The molecule has 10 nitrogen and oxygen atoms in total. The third-order valence-corrected chi connectivity index (χ3v) is 6.01. The number of benzene rings is 3. The van der Waals surface area contributed by atoms with Gasteiger partial charge >= 0.3 is 5.97 Å². The lowest BCUT2D eigenvalue weighted by Crippen LogP contribution is -2.34. The summed E-state index contributed by atoms with van der Waals surface area (Å²) in [6.07, 6.45) is 1.36. The molecule has 3 aromatic rings. The average molecular weight is 498 g/mol. The predicted molar refractivity (Wildman–Crippen MR) is 128 cm³/mol. The minimum absolute atomic E-state index is 0.0585. The Morgan fingerprint density at radius 1 is 0.914 bits per heavy atom. The van der Waals surface area contributed by atoms with Crippen molar-refractivity contribution in [2.45, 2.75) is 4.90 Å². The van der Waals surface area contributed by atoms with Crippen molar-refractivity contribution in [3.63, 3.8) is 0 Å². The Hall–Kier alpha value is -4.22. The molecule has 0 saturated carbocycles. The summed E-state index contributed by atoms with van der Waals surface area (Å²) >= 11 is 0. The van der Waals surface area contributed by atoms with Gasteiger partial charge in [0.25, 0.3) is 5.91 Å². The zero-order valence-corrected chi connectivity index (χ0v) is 19.7. The van der Waals surface area contributed by atoms with Crippen molar-refractivity contribution in [3.05, 3.63) is 83.9 Å². The molecule has 35 heavy (non-hydrogen) atoms. The smallest absolute Gasteiger partial charge is 0.343 e. The minimum Gasteiger partial charge on any atom is -0.493 e. The highest BCUT2D eigenvalue weighted by Crippen LogP contribution is 2.28. The molecular weight excluding hydrogens is 474 g/mol. The molecule has 3 aromatic carbocycles. The van der Waals surface area contributed by atoms with Crippen molar-refractivity contribution < 1.29 is 32.2 Å². The first-order valence-electron chi connectivity index (χ1n) is 10.2. The molecule has 0 atom stereocenters. The molecule has 0 aromatic heterocycles. The van der Waals surface area contributed by atoms with E-state index in [0.717, 1.165) is 0 Å². The number of carbonyl (C=O) groups excluding carboxylic acids is 2. The van der Waals surface area contributed by atoms with Crippen LogP contribution in [0.4, 0.5) is 0 Å². The molecule has 0 aliphatic rings. The van der Waals surface area contributed by atoms with Crippen molar-refractivity contribution >= 4 is 28.1 Å². The van der Waals surface area contributed by atoms with E-state index >= 15 is 0 Å². The van der Waals surface area contributed by atoms with E-state index in [1.54, 1.807) is 54.6 Å². The molecule has 0 aliphatic carbocycles. The van der Waals surface area contributed by atoms with Crippen LogP contribution in [0, 0.1) is 0 Å². The Bertz CT molecular complexity index is 1310. The van der Waals surface area contributed by atoms with Gasteiger partial charge in [-0.3, -0.25) is 4.79 Å². The van der Waals surface area contributed by atoms with Crippen LogP contribution in [0.2, 0.25) is 0 Å². The lowest BCUT2D eigenvalue weighted by Gasteiger charge is -2.09. The largest absolute Gasteiger partial charge is 0.493 e. The van der Waals surface area contributed by atoms with E-state index in [4.69, 9.17) is 14.2 Å². The molecule has 0 saturated heterocycles. The number of sulfonamides is 1. The first kappa shape index (κ1) is 25.4. The summed E-state index contributed by atoms with van der Waals surface area (Å²) in [4.78, 5) is 24.3. The molecule has 0 spiro atoms. The quantitative estimate of drug-likeness (QED) is 0.190. The van der Waals surface area contributed by atoms with Crippen molar-refractivity contribution in [1.82, 2.24) is 10.1 Å². The fourth-order valence-electron chi connectivity index (χ4n) is 2.81. The van der Waals surface area contributed by atoms with Gasteiger partial charge in [0.15, 0.2) is 11.5 Å². The number of esters is 1. The minimum atomic E-state index is -3.79. The predicted octanol–water partition coefficient (Wildman–Crippen LogP) is 2.35. The zero-order chi connectivity index (χ0) is 25.3. The van der Waals surface area contributed by atoms with Gasteiger partial charge in [-0.25, -0.2) is 23.4 Å². The van der Waals surface area contributed by atoms with Crippen molar-refractivity contribution in [1.29, 1.82) is 0 Å². The Kier molecular flexibility index (Phi) is 8.54. The maximum atomic E-state index is 12.4. The fourth-order valence-corrected chi connectivity index (χ4v) is 3.82. The summed E-state index contributed by atoms with van der Waals surface area (Å²) in [5.74, 6) is -0.00286. The first-order chi connectivity index (χ1) is 16.8. The summed E-state index contributed by atoms with van der Waals surface area (Å²) in [7, 11) is -0.822. The number of methoxy groups -OCH3 is 2. The first-order valence-corrected chi connectivity index (χ1v) is 11.7. The molecular formula is C24H23N3O7S. The van der Waals surface area contributed by atoms with Crippen LogP contribution < -0.4 is 24.4 Å². The normalized spacial score (nSPS) is 11.1. The van der Waals surface area contributed by atoms with Crippen LogP contribution in [0.15, 0.2) is 82.8 Å². The Morgan fingerprint density at radius 2 is 1.60 bits per heavy atom. The van der Waals surface area contributed by atoms with Crippen molar-refractivity contribution in [2.75, 3.05) is 20.8 Å². The number of nitrogens with one attached hydrogen (secondary N) is 2. The second kappa shape index (κ2) is 11.8. The summed E-state index contributed by atoms with van der Waals surface area (Å²) < 4.78 is 42.1. The highest BCUT2D eigenvalue weighted by atomic mass is 32.2. The molecule has 0 heterocycles. The van der Waals surface area contributed by atoms with Gasteiger partial charge in [0, 0.05) is 0 Å². The van der Waals surface area contributed by atoms with E-state index in [1.165, 1.54) is 38.6 Å². The van der Waals surface area contributed by atoms with Crippen molar-refractivity contribution in [2.24, 2.45) is 5.10 Å². The van der Waals surface area contributed by atoms with Gasteiger partial charge in [-0.2, -0.15) is 5.10 Å². The number of rotatable bonds is 10. The standard InChI is InChI=1S/C24H23N3O7S/c1-32-21-13-10-18(14-22(21)33-2)24(29)34-19-11-8-17(9-12-19)15-25-27-23(28)16-26-35(30,31)20-6-4-3-5-7-20/h3-15,26H,16H2,1-2H3,(H,27,28)/b25-15-. The third kappa shape index (κ3) is 7.13. The van der Waals surface area contributed by atoms with Crippen LogP contribution in [-0.4, -0.2) is 47.3 Å². The van der Waals surface area contributed by atoms with E-state index < -0.39 is 28.4 Å². The maximum absolute atomic E-state index is 12.4. The number of ether oxygens (including phenoxy) is 3. The van der Waals surface area contributed by atoms with Gasteiger partial charge in [-0.05, 0) is 60.2 Å². The van der Waals surface area contributed by atoms with Crippen LogP contribution >= 0.6 is 0 Å². The molecule has 11 heteroatoms. The van der Waals surface area contributed by atoms with Gasteiger partial charge in [0.05, 0.1) is 37.4 Å². The number of hydrogen-bond donors (Lipinski definition) is 2. The number of amides is 1. The number of hydrazone groups is 1. The molecule has 0 aliphatic heterocycles. The number of nitrogens with zero attached hydrogens (tertiary/aromatic N) is 1. The third-order valence-electron chi connectivity index (χ3n) is 4.59. The number of hydrogen-bond acceptors (Lipinski definition) is 8. The molecule has 182 valence electrons. The van der Waals surface area contributed by atoms with Gasteiger partial charge < -0.3 is 14.2 Å². The average Bonchev–Trinajstić information content (AvgIpc) is 2.88. The Morgan fingerprint density at radius 3 is 2.26 bits per heavy atom. The molecule has 2 N–H and O–H groups in total. The maximum Gasteiger partial charge on any atom is 0.343 e. The Labute approximate surface area is 202 Å². The van der Waals surface area contributed by atoms with E-state index in [2.05, 4.69) is 15.2 Å². The van der Waals surface area contributed by atoms with E-state index in [1.807, 2.05) is 0 Å². The zero-order valence-electron chi connectivity index (χ0n) is 18.9. The summed E-state index contributed by atoms with van der Waals surface area (Å²) in [6.45, 7) is -0.473. The fraction of sp³-hybridized carbons (Fsp3) is 0.125. The second-order valence-corrected chi connectivity index (χ2v) is 8.73. The number of carbonyl (C=O) groups is 2. The van der Waals surface area contributed by atoms with Crippen LogP contribution in [0.25, 0.3) is 0 Å². The highest BCUT2D eigenvalue weighted by Gasteiger charge is 2.15. The van der Waals surface area contributed by atoms with Gasteiger partial charge in [0.2, 0.25) is 10.0 Å². The SMILES string of the molecule is COc1ccc(C(=O)Oc2ccc(/C=N\NC(=O)CNS(=O)(=O)c3ccccc3)cc2)cc1OC.